The van der Waals surface area contributed by atoms with Crippen molar-refractivity contribution in [1.29, 1.82) is 0 Å². The van der Waals surface area contributed by atoms with E-state index in [9.17, 15) is 14.4 Å². The molecule has 0 fully saturated rings. The first kappa shape index (κ1) is 15.7. The number of carboxylic acid groups (broad SMARTS) is 1. The van der Waals surface area contributed by atoms with Crippen molar-refractivity contribution in [2.75, 3.05) is 6.54 Å². The molecule has 0 radical (unpaired) electrons. The molecule has 0 saturated carbocycles. The molecular weight excluding hydrogens is 314 g/mol. The molecule has 9 heteroatoms. The standard InChI is InChI=1S/C15H15N5O4/c21-13(16-5-11-7-20(18-17-11)9-14(22)23)8-19-6-10-3-1-2-4-12(10)15(19)24/h1-4,7H,5-6,8-9H2,(H,16,21)(H,22,23). The normalized spacial score (nSPS) is 13.0. The number of amides is 2. The minimum Gasteiger partial charge on any atom is -0.480 e. The van der Waals surface area contributed by atoms with Gasteiger partial charge < -0.3 is 15.3 Å². The van der Waals surface area contributed by atoms with Crippen molar-refractivity contribution >= 4 is 17.8 Å². The summed E-state index contributed by atoms with van der Waals surface area (Å²) in [5.74, 6) is -1.50. The third kappa shape index (κ3) is 3.40. The quantitative estimate of drug-likeness (QED) is 0.747. The first-order valence-electron chi connectivity index (χ1n) is 7.27. The van der Waals surface area contributed by atoms with Crippen LogP contribution in [0.4, 0.5) is 0 Å². The first-order valence-corrected chi connectivity index (χ1v) is 7.27. The second kappa shape index (κ2) is 6.49. The topological polar surface area (TPSA) is 117 Å². The van der Waals surface area contributed by atoms with E-state index in [1.54, 1.807) is 12.1 Å². The summed E-state index contributed by atoms with van der Waals surface area (Å²) >= 11 is 0. The number of carboxylic acids is 1. The summed E-state index contributed by atoms with van der Waals surface area (Å²) in [5.41, 5.74) is 1.98. The van der Waals surface area contributed by atoms with Crippen LogP contribution in [0.5, 0.6) is 0 Å². The lowest BCUT2D eigenvalue weighted by molar-refractivity contribution is -0.138. The van der Waals surface area contributed by atoms with Crippen molar-refractivity contribution in [3.63, 3.8) is 0 Å². The van der Waals surface area contributed by atoms with E-state index < -0.39 is 5.97 Å². The minimum absolute atomic E-state index is 0.0449. The number of aromatic nitrogens is 3. The monoisotopic (exact) mass is 329 g/mol. The molecule has 2 aromatic rings. The SMILES string of the molecule is O=C(O)Cn1cc(CNC(=O)CN2Cc3ccccc3C2=O)nn1. The molecule has 0 atom stereocenters. The zero-order chi connectivity index (χ0) is 17.1. The summed E-state index contributed by atoms with van der Waals surface area (Å²) in [6, 6.07) is 7.26. The van der Waals surface area contributed by atoms with Crippen LogP contribution in [0, 0.1) is 0 Å². The molecule has 0 saturated heterocycles. The molecule has 0 spiro atoms. The van der Waals surface area contributed by atoms with Crippen LogP contribution in [0.3, 0.4) is 0 Å². The average Bonchev–Trinajstić information content (AvgIpc) is 3.10. The molecule has 2 N–H and O–H groups in total. The van der Waals surface area contributed by atoms with Gasteiger partial charge in [0.15, 0.2) is 0 Å². The molecule has 24 heavy (non-hydrogen) atoms. The molecule has 0 bridgehead atoms. The molecule has 1 aliphatic heterocycles. The minimum atomic E-state index is -1.03. The maximum absolute atomic E-state index is 12.2. The van der Waals surface area contributed by atoms with E-state index in [1.165, 1.54) is 15.8 Å². The molecule has 124 valence electrons. The van der Waals surface area contributed by atoms with Crippen LogP contribution in [0.25, 0.3) is 0 Å². The Morgan fingerprint density at radius 2 is 2.04 bits per heavy atom. The maximum Gasteiger partial charge on any atom is 0.325 e. The Labute approximate surface area is 136 Å². The zero-order valence-electron chi connectivity index (χ0n) is 12.7. The number of aliphatic carboxylic acids is 1. The van der Waals surface area contributed by atoms with Crippen molar-refractivity contribution in [1.82, 2.24) is 25.2 Å². The highest BCUT2D eigenvalue weighted by atomic mass is 16.4. The number of carbonyl (C=O) groups is 3. The fourth-order valence-corrected chi connectivity index (χ4v) is 2.50. The molecule has 3 rings (SSSR count). The highest BCUT2D eigenvalue weighted by Gasteiger charge is 2.28. The Morgan fingerprint density at radius 1 is 1.25 bits per heavy atom. The van der Waals surface area contributed by atoms with Gasteiger partial charge in [-0.15, -0.1) is 5.10 Å². The highest BCUT2D eigenvalue weighted by Crippen LogP contribution is 2.21. The highest BCUT2D eigenvalue weighted by molar-refractivity contribution is 6.00. The predicted molar refractivity (Wildman–Crippen MR) is 80.7 cm³/mol. The number of rotatable bonds is 6. The third-order valence-corrected chi connectivity index (χ3v) is 3.58. The fraction of sp³-hybridized carbons (Fsp3) is 0.267. The van der Waals surface area contributed by atoms with Crippen LogP contribution < -0.4 is 5.32 Å². The zero-order valence-corrected chi connectivity index (χ0v) is 12.7. The lowest BCUT2D eigenvalue weighted by Crippen LogP contribution is -2.37. The molecule has 9 nitrogen and oxygen atoms in total. The predicted octanol–water partition coefficient (Wildman–Crippen LogP) is -0.365. The largest absolute Gasteiger partial charge is 0.480 e. The summed E-state index contributed by atoms with van der Waals surface area (Å²) in [7, 11) is 0. The smallest absolute Gasteiger partial charge is 0.325 e. The van der Waals surface area contributed by atoms with Gasteiger partial charge in [-0.25, -0.2) is 4.68 Å². The maximum atomic E-state index is 12.2. The summed E-state index contributed by atoms with van der Waals surface area (Å²) < 4.78 is 1.17. The lowest BCUT2D eigenvalue weighted by Gasteiger charge is -2.14. The number of benzene rings is 1. The molecule has 1 aromatic heterocycles. The van der Waals surface area contributed by atoms with Crippen molar-refractivity contribution in [2.24, 2.45) is 0 Å². The average molecular weight is 329 g/mol. The van der Waals surface area contributed by atoms with Gasteiger partial charge in [-0.1, -0.05) is 23.4 Å². The number of hydrogen-bond acceptors (Lipinski definition) is 5. The van der Waals surface area contributed by atoms with Crippen molar-refractivity contribution in [2.45, 2.75) is 19.6 Å². The Kier molecular flexibility index (Phi) is 4.23. The van der Waals surface area contributed by atoms with E-state index in [4.69, 9.17) is 5.11 Å². The Hall–Kier alpha value is -3.23. The molecular formula is C15H15N5O4. The van der Waals surface area contributed by atoms with Gasteiger partial charge in [0.05, 0.1) is 12.7 Å². The lowest BCUT2D eigenvalue weighted by atomic mass is 10.1. The van der Waals surface area contributed by atoms with Gasteiger partial charge in [-0.3, -0.25) is 14.4 Å². The van der Waals surface area contributed by atoms with Gasteiger partial charge in [0.1, 0.15) is 18.8 Å². The van der Waals surface area contributed by atoms with Gasteiger partial charge in [-0.2, -0.15) is 0 Å². The van der Waals surface area contributed by atoms with Gasteiger partial charge in [-0.05, 0) is 11.6 Å². The Bertz CT molecular complexity index is 801. The molecule has 0 unspecified atom stereocenters. The molecule has 2 amide bonds. The van der Waals surface area contributed by atoms with E-state index in [0.29, 0.717) is 17.8 Å². The molecule has 1 aliphatic rings. The van der Waals surface area contributed by atoms with Crippen LogP contribution in [-0.4, -0.2) is 49.3 Å². The van der Waals surface area contributed by atoms with Gasteiger partial charge >= 0.3 is 5.97 Å². The second-order valence-electron chi connectivity index (χ2n) is 5.40. The van der Waals surface area contributed by atoms with E-state index in [-0.39, 0.29) is 31.4 Å². The van der Waals surface area contributed by atoms with E-state index in [2.05, 4.69) is 15.6 Å². The molecule has 1 aromatic carbocycles. The summed E-state index contributed by atoms with van der Waals surface area (Å²) in [5, 5.41) is 18.7. The Morgan fingerprint density at radius 3 is 2.79 bits per heavy atom. The second-order valence-corrected chi connectivity index (χ2v) is 5.40. The van der Waals surface area contributed by atoms with Crippen molar-refractivity contribution < 1.29 is 19.5 Å². The summed E-state index contributed by atoms with van der Waals surface area (Å²) in [6.07, 6.45) is 1.45. The fourth-order valence-electron chi connectivity index (χ4n) is 2.50. The van der Waals surface area contributed by atoms with Crippen molar-refractivity contribution in [3.8, 4) is 0 Å². The van der Waals surface area contributed by atoms with Gasteiger partial charge in [0.25, 0.3) is 5.91 Å². The summed E-state index contributed by atoms with van der Waals surface area (Å²) in [4.78, 5) is 36.2. The van der Waals surface area contributed by atoms with Crippen molar-refractivity contribution in [3.05, 3.63) is 47.3 Å². The van der Waals surface area contributed by atoms with Crippen LogP contribution in [0.1, 0.15) is 21.6 Å². The number of fused-ring (bicyclic) bond motifs is 1. The van der Waals surface area contributed by atoms with E-state index in [1.807, 2.05) is 12.1 Å². The van der Waals surface area contributed by atoms with Gasteiger partial charge in [0.2, 0.25) is 5.91 Å². The van der Waals surface area contributed by atoms with Crippen LogP contribution in [0.15, 0.2) is 30.5 Å². The number of carbonyl (C=O) groups excluding carboxylic acids is 2. The van der Waals surface area contributed by atoms with Crippen LogP contribution >= 0.6 is 0 Å². The third-order valence-electron chi connectivity index (χ3n) is 3.58. The number of hydrogen-bond donors (Lipinski definition) is 2. The number of nitrogens with zero attached hydrogens (tertiary/aromatic N) is 4. The van der Waals surface area contributed by atoms with E-state index >= 15 is 0 Å². The first-order chi connectivity index (χ1) is 11.5. The number of nitrogens with one attached hydrogen (secondary N) is 1. The van der Waals surface area contributed by atoms with E-state index in [0.717, 1.165) is 5.56 Å². The van der Waals surface area contributed by atoms with Crippen LogP contribution in [0.2, 0.25) is 0 Å². The van der Waals surface area contributed by atoms with Gasteiger partial charge in [0, 0.05) is 12.1 Å². The van der Waals surface area contributed by atoms with Crippen LogP contribution in [-0.2, 0) is 29.2 Å². The molecule has 0 aliphatic carbocycles. The summed E-state index contributed by atoms with van der Waals surface area (Å²) in [6.45, 7) is 0.197. The Balaban J connectivity index is 1.51. The molecule has 2 heterocycles.